The molecule has 1 aliphatic rings. The van der Waals surface area contributed by atoms with E-state index in [-0.39, 0.29) is 6.61 Å². The number of aliphatic hydroxyl groups excluding tert-OH is 2. The highest BCUT2D eigenvalue weighted by Crippen LogP contribution is 2.17. The van der Waals surface area contributed by atoms with Gasteiger partial charge < -0.3 is 24.4 Å². The van der Waals surface area contributed by atoms with Crippen LogP contribution in [0.15, 0.2) is 0 Å². The lowest BCUT2D eigenvalue weighted by Gasteiger charge is -2.35. The zero-order chi connectivity index (χ0) is 9.14. The van der Waals surface area contributed by atoms with Gasteiger partial charge in [-0.3, -0.25) is 0 Å². The molecule has 1 saturated heterocycles. The van der Waals surface area contributed by atoms with Crippen molar-refractivity contribution in [2.75, 3.05) is 20.8 Å². The first-order chi connectivity index (χ1) is 5.70. The summed E-state index contributed by atoms with van der Waals surface area (Å²) in [6.07, 6.45) is -3.24. The van der Waals surface area contributed by atoms with Crippen molar-refractivity contribution in [2.45, 2.75) is 24.6 Å². The predicted octanol–water partition coefficient (Wildman–Crippen LogP) is -1.27. The highest BCUT2D eigenvalue weighted by atomic mass is 16.7. The first-order valence-corrected chi connectivity index (χ1v) is 3.74. The van der Waals surface area contributed by atoms with Gasteiger partial charge in [0.15, 0.2) is 6.29 Å². The van der Waals surface area contributed by atoms with Crippen LogP contribution in [0.25, 0.3) is 0 Å². The van der Waals surface area contributed by atoms with Crippen molar-refractivity contribution in [3.05, 3.63) is 0 Å². The SMILES string of the molecule is CO[C@H]1OC[C@@H](OC)[C@@H](O)[C@@H]1O. The molecule has 5 heteroatoms. The summed E-state index contributed by atoms with van der Waals surface area (Å²) in [6.45, 7) is 0.229. The summed E-state index contributed by atoms with van der Waals surface area (Å²) in [5.41, 5.74) is 0. The van der Waals surface area contributed by atoms with Gasteiger partial charge in [-0.2, -0.15) is 0 Å². The Morgan fingerprint density at radius 3 is 2.33 bits per heavy atom. The average molecular weight is 178 g/mol. The molecule has 12 heavy (non-hydrogen) atoms. The molecule has 0 bridgehead atoms. The van der Waals surface area contributed by atoms with E-state index in [1.165, 1.54) is 14.2 Å². The second-order valence-corrected chi connectivity index (χ2v) is 2.69. The van der Waals surface area contributed by atoms with Crippen molar-refractivity contribution >= 4 is 0 Å². The minimum Gasteiger partial charge on any atom is -0.387 e. The smallest absolute Gasteiger partial charge is 0.185 e. The number of ether oxygens (including phenoxy) is 3. The van der Waals surface area contributed by atoms with E-state index in [0.717, 1.165) is 0 Å². The molecule has 0 aromatic heterocycles. The molecule has 0 aliphatic carbocycles. The fraction of sp³-hybridized carbons (Fsp3) is 1.00. The van der Waals surface area contributed by atoms with Crippen LogP contribution in [0, 0.1) is 0 Å². The molecule has 0 amide bonds. The topological polar surface area (TPSA) is 68.2 Å². The third-order valence-electron chi connectivity index (χ3n) is 1.97. The number of hydrogen-bond acceptors (Lipinski definition) is 5. The monoisotopic (exact) mass is 178 g/mol. The molecule has 72 valence electrons. The molecule has 2 N–H and O–H groups in total. The maximum atomic E-state index is 9.40. The predicted molar refractivity (Wildman–Crippen MR) is 39.6 cm³/mol. The van der Waals surface area contributed by atoms with Gasteiger partial charge in [-0.25, -0.2) is 0 Å². The molecule has 1 rings (SSSR count). The average Bonchev–Trinajstić information content (AvgIpc) is 2.10. The Morgan fingerprint density at radius 1 is 1.17 bits per heavy atom. The Labute approximate surface area is 70.9 Å². The first-order valence-electron chi connectivity index (χ1n) is 3.74. The largest absolute Gasteiger partial charge is 0.387 e. The van der Waals surface area contributed by atoms with E-state index in [9.17, 15) is 10.2 Å². The molecular formula is C7H14O5. The number of methoxy groups -OCH3 is 2. The third kappa shape index (κ3) is 1.75. The van der Waals surface area contributed by atoms with E-state index in [4.69, 9.17) is 14.2 Å². The van der Waals surface area contributed by atoms with Crippen LogP contribution >= 0.6 is 0 Å². The molecule has 0 radical (unpaired) electrons. The Balaban J connectivity index is 2.52. The van der Waals surface area contributed by atoms with Crippen molar-refractivity contribution in [3.63, 3.8) is 0 Å². The van der Waals surface area contributed by atoms with Crippen molar-refractivity contribution < 1.29 is 24.4 Å². The van der Waals surface area contributed by atoms with E-state index in [2.05, 4.69) is 0 Å². The van der Waals surface area contributed by atoms with Crippen LogP contribution in [0.5, 0.6) is 0 Å². The Bertz CT molecular complexity index is 124. The van der Waals surface area contributed by atoms with Crippen LogP contribution in [0.4, 0.5) is 0 Å². The quantitative estimate of drug-likeness (QED) is 0.551. The van der Waals surface area contributed by atoms with E-state index in [1.54, 1.807) is 0 Å². The highest BCUT2D eigenvalue weighted by Gasteiger charge is 2.38. The van der Waals surface area contributed by atoms with Gasteiger partial charge in [0.25, 0.3) is 0 Å². The summed E-state index contributed by atoms with van der Waals surface area (Å²) < 4.78 is 14.7. The van der Waals surface area contributed by atoms with Crippen LogP contribution < -0.4 is 0 Å². The second kappa shape index (κ2) is 4.15. The first kappa shape index (κ1) is 9.88. The van der Waals surface area contributed by atoms with Crippen LogP contribution in [0.2, 0.25) is 0 Å². The van der Waals surface area contributed by atoms with Crippen molar-refractivity contribution in [1.82, 2.24) is 0 Å². The Kier molecular flexibility index (Phi) is 3.42. The molecule has 0 aromatic rings. The summed E-state index contributed by atoms with van der Waals surface area (Å²) in [7, 11) is 2.87. The molecule has 1 heterocycles. The maximum Gasteiger partial charge on any atom is 0.185 e. The fourth-order valence-corrected chi connectivity index (χ4v) is 1.18. The van der Waals surface area contributed by atoms with Gasteiger partial charge in [0.2, 0.25) is 0 Å². The minimum atomic E-state index is -1.05. The fourth-order valence-electron chi connectivity index (χ4n) is 1.18. The van der Waals surface area contributed by atoms with Crippen molar-refractivity contribution in [2.24, 2.45) is 0 Å². The van der Waals surface area contributed by atoms with Gasteiger partial charge in [0.1, 0.15) is 18.3 Å². The number of hydrogen-bond donors (Lipinski definition) is 2. The minimum absolute atomic E-state index is 0.229. The van der Waals surface area contributed by atoms with E-state index < -0.39 is 24.6 Å². The summed E-state index contributed by atoms with van der Waals surface area (Å²) in [5.74, 6) is 0. The zero-order valence-corrected chi connectivity index (χ0v) is 7.14. The highest BCUT2D eigenvalue weighted by molar-refractivity contribution is 4.83. The van der Waals surface area contributed by atoms with Gasteiger partial charge in [0, 0.05) is 14.2 Å². The van der Waals surface area contributed by atoms with Crippen LogP contribution in [-0.4, -0.2) is 55.6 Å². The molecule has 0 saturated carbocycles. The number of rotatable bonds is 2. The number of aliphatic hydroxyl groups is 2. The second-order valence-electron chi connectivity index (χ2n) is 2.69. The van der Waals surface area contributed by atoms with Gasteiger partial charge in [-0.1, -0.05) is 0 Å². The third-order valence-corrected chi connectivity index (χ3v) is 1.97. The normalized spacial score (nSPS) is 43.0. The summed E-state index contributed by atoms with van der Waals surface area (Å²) >= 11 is 0. The molecule has 4 atom stereocenters. The van der Waals surface area contributed by atoms with Crippen LogP contribution in [0.3, 0.4) is 0 Å². The lowest BCUT2D eigenvalue weighted by Crippen LogP contribution is -2.54. The van der Waals surface area contributed by atoms with Gasteiger partial charge in [-0.15, -0.1) is 0 Å². The van der Waals surface area contributed by atoms with E-state index in [0.29, 0.717) is 0 Å². The van der Waals surface area contributed by atoms with E-state index >= 15 is 0 Å². The molecule has 0 spiro atoms. The van der Waals surface area contributed by atoms with Gasteiger partial charge in [0.05, 0.1) is 6.61 Å². The summed E-state index contributed by atoms with van der Waals surface area (Å²) in [5, 5.41) is 18.8. The standard InChI is InChI=1S/C7H14O5/c1-10-4-3-12-7(11-2)6(9)5(4)8/h4-9H,3H2,1-2H3/t4-,5-,6+,7+/m1/s1. The lowest BCUT2D eigenvalue weighted by molar-refractivity contribution is -0.265. The summed E-state index contributed by atoms with van der Waals surface area (Å²) in [6, 6.07) is 0. The molecular weight excluding hydrogens is 164 g/mol. The molecule has 0 aromatic carbocycles. The maximum absolute atomic E-state index is 9.40. The molecule has 1 fully saturated rings. The lowest BCUT2D eigenvalue weighted by atomic mass is 10.1. The zero-order valence-electron chi connectivity index (χ0n) is 7.14. The summed E-state index contributed by atoms with van der Waals surface area (Å²) in [4.78, 5) is 0. The molecule has 5 nitrogen and oxygen atoms in total. The van der Waals surface area contributed by atoms with E-state index in [1.807, 2.05) is 0 Å². The van der Waals surface area contributed by atoms with Crippen LogP contribution in [0.1, 0.15) is 0 Å². The molecule has 0 unspecified atom stereocenters. The Hall–Kier alpha value is -0.200. The van der Waals surface area contributed by atoms with Crippen LogP contribution in [-0.2, 0) is 14.2 Å². The van der Waals surface area contributed by atoms with Crippen molar-refractivity contribution in [1.29, 1.82) is 0 Å². The van der Waals surface area contributed by atoms with Gasteiger partial charge >= 0.3 is 0 Å². The van der Waals surface area contributed by atoms with Crippen molar-refractivity contribution in [3.8, 4) is 0 Å². The molecule has 1 aliphatic heterocycles. The van der Waals surface area contributed by atoms with Gasteiger partial charge in [-0.05, 0) is 0 Å². The Morgan fingerprint density at radius 2 is 1.83 bits per heavy atom.